The highest BCUT2D eigenvalue weighted by Crippen LogP contribution is 2.26. The van der Waals surface area contributed by atoms with Crippen LogP contribution in [0, 0.1) is 0 Å². The summed E-state index contributed by atoms with van der Waals surface area (Å²) < 4.78 is 5.26. The lowest BCUT2D eigenvalue weighted by Crippen LogP contribution is -2.31. The second-order valence-electron chi connectivity index (χ2n) is 2.57. The number of fused-ring (bicyclic) bond motifs is 1. The predicted octanol–water partition coefficient (Wildman–Crippen LogP) is -0.142. The molecule has 1 fully saturated rings. The highest BCUT2D eigenvalue weighted by Gasteiger charge is 2.31. The number of nitrogens with zero attached hydrogens (tertiary/aromatic N) is 1. The number of hydrogen-bond acceptors (Lipinski definition) is 4. The van der Waals surface area contributed by atoms with Crippen LogP contribution in [-0.4, -0.2) is 36.1 Å². The molecule has 0 bridgehead atoms. The molecule has 4 heteroatoms. The molecule has 3 nitrogen and oxygen atoms in total. The fourth-order valence-corrected chi connectivity index (χ4v) is 2.26. The lowest BCUT2D eigenvalue weighted by Gasteiger charge is -2.18. The van der Waals surface area contributed by atoms with Crippen LogP contribution in [-0.2, 0) is 4.74 Å². The first-order valence-electron chi connectivity index (χ1n) is 3.38. The van der Waals surface area contributed by atoms with Crippen LogP contribution in [0.4, 0.5) is 0 Å². The van der Waals surface area contributed by atoms with Crippen molar-refractivity contribution in [2.45, 2.75) is 11.3 Å². The van der Waals surface area contributed by atoms with E-state index in [-0.39, 0.29) is 0 Å². The van der Waals surface area contributed by atoms with Crippen molar-refractivity contribution >= 4 is 17.6 Å². The van der Waals surface area contributed by atoms with Crippen molar-refractivity contribution in [2.75, 3.05) is 19.0 Å². The molecule has 0 radical (unpaired) electrons. The summed E-state index contributed by atoms with van der Waals surface area (Å²) in [6.07, 6.45) is 0. The molecule has 2 heterocycles. The number of hydrogen-bond donors (Lipinski definition) is 1. The van der Waals surface area contributed by atoms with Gasteiger partial charge in [-0.25, -0.2) is 0 Å². The molecule has 2 aliphatic heterocycles. The summed E-state index contributed by atoms with van der Waals surface area (Å²) in [4.78, 5) is 4.29. The van der Waals surface area contributed by atoms with Gasteiger partial charge in [0, 0.05) is 0 Å². The molecule has 0 aromatic carbocycles. The maximum absolute atomic E-state index is 5.56. The Kier molecular flexibility index (Phi) is 1.58. The van der Waals surface area contributed by atoms with Crippen molar-refractivity contribution in [3.63, 3.8) is 0 Å². The molecule has 0 spiro atoms. The highest BCUT2D eigenvalue weighted by atomic mass is 32.2. The minimum atomic E-state index is 0.346. The van der Waals surface area contributed by atoms with Crippen molar-refractivity contribution in [1.82, 2.24) is 0 Å². The van der Waals surface area contributed by atoms with Gasteiger partial charge >= 0.3 is 0 Å². The second-order valence-corrected chi connectivity index (χ2v) is 3.80. The summed E-state index contributed by atoms with van der Waals surface area (Å²) in [5, 5.41) is 0.576. The van der Waals surface area contributed by atoms with E-state index in [1.165, 1.54) is 0 Å². The monoisotopic (exact) mass is 158 g/mol. The fourth-order valence-electron chi connectivity index (χ4n) is 1.25. The van der Waals surface area contributed by atoms with Crippen molar-refractivity contribution in [2.24, 2.45) is 10.7 Å². The number of nitrogens with two attached hydrogens (primary N) is 1. The summed E-state index contributed by atoms with van der Waals surface area (Å²) in [7, 11) is 0. The van der Waals surface area contributed by atoms with E-state index in [0.717, 1.165) is 24.8 Å². The number of rotatable bonds is 0. The van der Waals surface area contributed by atoms with Gasteiger partial charge in [-0.3, -0.25) is 4.99 Å². The maximum atomic E-state index is 5.56. The van der Waals surface area contributed by atoms with Crippen molar-refractivity contribution in [1.29, 1.82) is 0 Å². The first kappa shape index (κ1) is 6.49. The Bertz CT molecular complexity index is 171. The van der Waals surface area contributed by atoms with Gasteiger partial charge in [0.05, 0.1) is 30.3 Å². The minimum Gasteiger partial charge on any atom is -0.387 e. The molecule has 0 amide bonds. The van der Waals surface area contributed by atoms with Crippen LogP contribution < -0.4 is 5.73 Å². The zero-order valence-electron chi connectivity index (χ0n) is 5.62. The SMILES string of the molecule is NC1=NC2COCC2SC1. The Hall–Kier alpha value is -0.220. The zero-order chi connectivity index (χ0) is 6.97. The van der Waals surface area contributed by atoms with Gasteiger partial charge in [-0.2, -0.15) is 0 Å². The van der Waals surface area contributed by atoms with Crippen LogP contribution >= 0.6 is 11.8 Å². The number of amidine groups is 1. The molecule has 10 heavy (non-hydrogen) atoms. The van der Waals surface area contributed by atoms with Gasteiger partial charge in [-0.15, -0.1) is 11.8 Å². The third kappa shape index (κ3) is 1.01. The maximum Gasteiger partial charge on any atom is 0.104 e. The van der Waals surface area contributed by atoms with Crippen LogP contribution in [0.2, 0.25) is 0 Å². The Morgan fingerprint density at radius 1 is 1.60 bits per heavy atom. The van der Waals surface area contributed by atoms with E-state index in [4.69, 9.17) is 10.5 Å². The smallest absolute Gasteiger partial charge is 0.104 e. The quantitative estimate of drug-likeness (QED) is 0.533. The molecule has 0 aliphatic carbocycles. The van der Waals surface area contributed by atoms with E-state index in [2.05, 4.69) is 4.99 Å². The van der Waals surface area contributed by atoms with Gasteiger partial charge < -0.3 is 10.5 Å². The molecule has 0 saturated carbocycles. The van der Waals surface area contributed by atoms with E-state index in [9.17, 15) is 0 Å². The summed E-state index contributed by atoms with van der Waals surface area (Å²) in [5.74, 6) is 1.65. The fraction of sp³-hybridized carbons (Fsp3) is 0.833. The highest BCUT2D eigenvalue weighted by molar-refractivity contribution is 8.00. The molecule has 2 aliphatic rings. The predicted molar refractivity (Wildman–Crippen MR) is 42.5 cm³/mol. The van der Waals surface area contributed by atoms with E-state index in [1.807, 2.05) is 11.8 Å². The summed E-state index contributed by atoms with van der Waals surface area (Å²) >= 11 is 1.86. The van der Waals surface area contributed by atoms with Crippen LogP contribution in [0.1, 0.15) is 0 Å². The molecule has 0 aromatic heterocycles. The van der Waals surface area contributed by atoms with Gasteiger partial charge in [0.2, 0.25) is 0 Å². The van der Waals surface area contributed by atoms with Gasteiger partial charge in [-0.05, 0) is 0 Å². The second kappa shape index (κ2) is 2.43. The van der Waals surface area contributed by atoms with Crippen LogP contribution in [0.3, 0.4) is 0 Å². The molecule has 2 N–H and O–H groups in total. The molecular formula is C6H10N2OS. The average molecular weight is 158 g/mol. The molecule has 0 aromatic rings. The zero-order valence-corrected chi connectivity index (χ0v) is 6.43. The Labute approximate surface area is 64.0 Å². The summed E-state index contributed by atoms with van der Waals surface area (Å²) in [6, 6.07) is 0.346. The van der Waals surface area contributed by atoms with Crippen LogP contribution in [0.25, 0.3) is 0 Å². The lowest BCUT2D eigenvalue weighted by molar-refractivity contribution is 0.195. The van der Waals surface area contributed by atoms with Crippen molar-refractivity contribution in [3.8, 4) is 0 Å². The largest absolute Gasteiger partial charge is 0.387 e. The van der Waals surface area contributed by atoms with E-state index >= 15 is 0 Å². The van der Waals surface area contributed by atoms with Crippen molar-refractivity contribution < 1.29 is 4.74 Å². The Balaban J connectivity index is 2.13. The molecular weight excluding hydrogens is 148 g/mol. The summed E-state index contributed by atoms with van der Waals surface area (Å²) in [6.45, 7) is 1.62. The topological polar surface area (TPSA) is 47.6 Å². The number of thioether (sulfide) groups is 1. The number of ether oxygens (including phenoxy) is 1. The third-order valence-electron chi connectivity index (χ3n) is 1.78. The molecule has 2 rings (SSSR count). The van der Waals surface area contributed by atoms with Gasteiger partial charge in [-0.1, -0.05) is 0 Å². The van der Waals surface area contributed by atoms with Crippen LogP contribution in [0.15, 0.2) is 4.99 Å². The van der Waals surface area contributed by atoms with Gasteiger partial charge in [0.15, 0.2) is 0 Å². The normalized spacial score (nSPS) is 39.0. The molecule has 1 saturated heterocycles. The van der Waals surface area contributed by atoms with E-state index in [1.54, 1.807) is 0 Å². The lowest BCUT2D eigenvalue weighted by atomic mass is 10.2. The van der Waals surface area contributed by atoms with E-state index in [0.29, 0.717) is 11.3 Å². The van der Waals surface area contributed by atoms with Gasteiger partial charge in [0.25, 0.3) is 0 Å². The first-order valence-corrected chi connectivity index (χ1v) is 4.42. The van der Waals surface area contributed by atoms with Crippen LogP contribution in [0.5, 0.6) is 0 Å². The van der Waals surface area contributed by atoms with Crippen molar-refractivity contribution in [3.05, 3.63) is 0 Å². The minimum absolute atomic E-state index is 0.346. The standard InChI is InChI=1S/C6H10N2OS/c7-6-3-10-5-2-9-1-4(5)8-6/h4-5H,1-3H2,(H2,7,8). The molecule has 56 valence electrons. The Morgan fingerprint density at radius 2 is 2.50 bits per heavy atom. The molecule has 2 unspecified atom stereocenters. The van der Waals surface area contributed by atoms with Gasteiger partial charge in [0.1, 0.15) is 5.84 Å². The third-order valence-corrected chi connectivity index (χ3v) is 3.12. The number of aliphatic imine (C=N–C) groups is 1. The summed E-state index contributed by atoms with van der Waals surface area (Å²) in [5.41, 5.74) is 5.56. The Morgan fingerprint density at radius 3 is 3.40 bits per heavy atom. The first-order chi connectivity index (χ1) is 4.86. The average Bonchev–Trinajstić information content (AvgIpc) is 2.33. The molecule has 2 atom stereocenters. The van der Waals surface area contributed by atoms with E-state index < -0.39 is 0 Å².